The topological polar surface area (TPSA) is 30.7 Å². The largest absolute Gasteiger partial charge is 0.309 e. The van der Waals surface area contributed by atoms with Gasteiger partial charge in [0.15, 0.2) is 5.82 Å². The summed E-state index contributed by atoms with van der Waals surface area (Å²) >= 11 is 1.87. The Hall–Kier alpha value is -7.73. The van der Waals surface area contributed by atoms with E-state index in [4.69, 9.17) is 9.97 Å². The average molecular weight is 828 g/mol. The molecule has 0 spiro atoms. The lowest BCUT2D eigenvalue weighted by Gasteiger charge is -2.14. The van der Waals surface area contributed by atoms with Crippen molar-refractivity contribution in [1.82, 2.24) is 14.5 Å². The monoisotopic (exact) mass is 827 g/mol. The van der Waals surface area contributed by atoms with E-state index in [0.29, 0.717) is 12.2 Å². The minimum absolute atomic E-state index is 0.332. The predicted molar refractivity (Wildman–Crippen MR) is 263 cm³/mol. The van der Waals surface area contributed by atoms with E-state index in [1.54, 1.807) is 6.08 Å². The number of halogens is 1. The van der Waals surface area contributed by atoms with E-state index >= 15 is 0 Å². The Morgan fingerprint density at radius 1 is 0.476 bits per heavy atom. The zero-order valence-electron chi connectivity index (χ0n) is 34.1. The van der Waals surface area contributed by atoms with Gasteiger partial charge in [-0.15, -0.1) is 11.3 Å². The van der Waals surface area contributed by atoms with Crippen LogP contribution in [0.3, 0.4) is 0 Å². The maximum absolute atomic E-state index is 14.2. The van der Waals surface area contributed by atoms with Crippen LogP contribution in [0.1, 0.15) is 12.1 Å². The summed E-state index contributed by atoms with van der Waals surface area (Å²) in [5.41, 5.74) is 14.9. The highest BCUT2D eigenvalue weighted by Gasteiger charge is 2.17. The molecule has 8 aromatic carbocycles. The third kappa shape index (κ3) is 6.65. The fourth-order valence-corrected chi connectivity index (χ4v) is 10.4. The summed E-state index contributed by atoms with van der Waals surface area (Å²) in [4.78, 5) is 10.1. The van der Waals surface area contributed by atoms with Crippen molar-refractivity contribution in [2.24, 2.45) is 0 Å². The van der Waals surface area contributed by atoms with Crippen LogP contribution in [-0.2, 0) is 0 Å². The lowest BCUT2D eigenvalue weighted by Crippen LogP contribution is -2.02. The lowest BCUT2D eigenvalue weighted by atomic mass is 9.98. The molecule has 0 saturated heterocycles. The summed E-state index contributed by atoms with van der Waals surface area (Å²) in [7, 11) is 0. The molecule has 63 heavy (non-hydrogen) atoms. The summed E-state index contributed by atoms with van der Waals surface area (Å²) in [6.07, 6.45) is 4.73. The van der Waals surface area contributed by atoms with E-state index in [1.807, 2.05) is 47.8 Å². The molecule has 0 radical (unpaired) electrons. The Morgan fingerprint density at radius 2 is 1.10 bits per heavy atom. The van der Waals surface area contributed by atoms with E-state index in [9.17, 15) is 4.39 Å². The van der Waals surface area contributed by atoms with Gasteiger partial charge in [-0.25, -0.2) is 14.4 Å². The van der Waals surface area contributed by atoms with Gasteiger partial charge in [-0.3, -0.25) is 0 Å². The molecule has 1 aliphatic rings. The fourth-order valence-electron chi connectivity index (χ4n) is 9.13. The molecule has 3 heterocycles. The van der Waals surface area contributed by atoms with Crippen molar-refractivity contribution in [1.29, 1.82) is 0 Å². The van der Waals surface area contributed by atoms with Crippen molar-refractivity contribution in [2.45, 2.75) is 12.6 Å². The van der Waals surface area contributed by atoms with E-state index in [2.05, 4.69) is 174 Å². The lowest BCUT2D eigenvalue weighted by molar-refractivity contribution is 0.402. The van der Waals surface area contributed by atoms with Gasteiger partial charge in [-0.1, -0.05) is 164 Å². The number of thiophene rings is 1. The average Bonchev–Trinajstić information content (AvgIpc) is 3.90. The van der Waals surface area contributed by atoms with Gasteiger partial charge in [0.25, 0.3) is 0 Å². The minimum atomic E-state index is -0.980. The van der Waals surface area contributed by atoms with Crippen LogP contribution in [0.15, 0.2) is 212 Å². The Labute approximate surface area is 368 Å². The molecule has 3 nitrogen and oxygen atoms in total. The van der Waals surface area contributed by atoms with Gasteiger partial charge in [0, 0.05) is 54.2 Å². The van der Waals surface area contributed by atoms with Crippen molar-refractivity contribution < 1.29 is 4.39 Å². The fraction of sp³-hybridized carbons (Fsp3) is 0.0345. The van der Waals surface area contributed by atoms with Gasteiger partial charge in [-0.2, -0.15) is 0 Å². The molecule has 11 aromatic rings. The van der Waals surface area contributed by atoms with Gasteiger partial charge in [0.05, 0.1) is 22.4 Å². The van der Waals surface area contributed by atoms with Crippen LogP contribution in [0.4, 0.5) is 4.39 Å². The number of hydrogen-bond acceptors (Lipinski definition) is 3. The van der Waals surface area contributed by atoms with Crippen LogP contribution in [0, 0.1) is 0 Å². The SMILES string of the molecule is FC1C=CC(c2cc(-c3ccc(-n4c5ccccc5c5cc(-c6ccc(-c7cccc8c7sc7ccccc78)cc6)ccc54)cc3)nc(-c3ccc(-c4ccccc4)cc3)n2)=CC1. The van der Waals surface area contributed by atoms with Crippen molar-refractivity contribution in [3.05, 3.63) is 218 Å². The molecule has 1 aliphatic carbocycles. The van der Waals surface area contributed by atoms with Crippen LogP contribution in [0.25, 0.3) is 109 Å². The number of nitrogens with zero attached hydrogens (tertiary/aromatic N) is 3. The van der Waals surface area contributed by atoms with Crippen LogP contribution < -0.4 is 0 Å². The summed E-state index contributed by atoms with van der Waals surface area (Å²) in [5, 5.41) is 5.05. The van der Waals surface area contributed by atoms with Gasteiger partial charge < -0.3 is 4.57 Å². The second-order valence-corrected chi connectivity index (χ2v) is 17.2. The Kier molecular flexibility index (Phi) is 9.01. The van der Waals surface area contributed by atoms with Crippen LogP contribution >= 0.6 is 11.3 Å². The first-order valence-corrected chi connectivity index (χ1v) is 22.2. The van der Waals surface area contributed by atoms with Gasteiger partial charge in [-0.05, 0) is 87.5 Å². The normalized spacial score (nSPS) is 13.9. The highest BCUT2D eigenvalue weighted by molar-refractivity contribution is 7.26. The van der Waals surface area contributed by atoms with E-state index in [-0.39, 0.29) is 0 Å². The number of para-hydroxylation sites is 1. The quantitative estimate of drug-likeness (QED) is 0.160. The molecule has 0 bridgehead atoms. The number of alkyl halides is 1. The van der Waals surface area contributed by atoms with Crippen molar-refractivity contribution in [3.8, 4) is 61.7 Å². The summed E-state index contributed by atoms with van der Waals surface area (Å²) in [5.74, 6) is 0.629. The van der Waals surface area contributed by atoms with Gasteiger partial charge >= 0.3 is 0 Å². The first-order valence-electron chi connectivity index (χ1n) is 21.3. The summed E-state index contributed by atoms with van der Waals surface area (Å²) < 4.78 is 19.2. The molecule has 0 aliphatic heterocycles. The highest BCUT2D eigenvalue weighted by Crippen LogP contribution is 2.41. The number of allylic oxidation sites excluding steroid dienone is 4. The van der Waals surface area contributed by atoms with E-state index < -0.39 is 6.17 Å². The predicted octanol–water partition coefficient (Wildman–Crippen LogP) is 16.0. The molecule has 0 fully saturated rings. The van der Waals surface area contributed by atoms with Gasteiger partial charge in [0.2, 0.25) is 0 Å². The molecule has 0 saturated carbocycles. The Balaban J connectivity index is 0.889. The standard InChI is InChI=1S/C58H38FN3S/c59-45-30-25-41(26-31-45)52-36-53(61-58(60-52)43-23-19-38(20-24-43)37-9-2-1-3-10-37)42-27-32-46(33-28-42)62-54-15-6-4-11-48(54)51-35-44(29-34-55(51)62)39-17-21-40(22-18-39)47-13-8-14-50-49-12-5-7-16-56(49)63-57(47)50/h1-30,32-36,45H,31H2. The molecular weight excluding hydrogens is 790 g/mol. The number of benzene rings is 8. The van der Waals surface area contributed by atoms with Crippen LogP contribution in [-0.4, -0.2) is 20.7 Å². The van der Waals surface area contributed by atoms with Crippen molar-refractivity contribution in [3.63, 3.8) is 0 Å². The second kappa shape index (κ2) is 15.3. The van der Waals surface area contributed by atoms with Crippen LogP contribution in [0.2, 0.25) is 0 Å². The third-order valence-electron chi connectivity index (χ3n) is 12.3. The third-order valence-corrected chi connectivity index (χ3v) is 13.6. The number of hydrogen-bond donors (Lipinski definition) is 0. The Morgan fingerprint density at radius 3 is 1.89 bits per heavy atom. The molecule has 3 aromatic heterocycles. The molecule has 5 heteroatoms. The molecule has 1 unspecified atom stereocenters. The second-order valence-electron chi connectivity index (χ2n) is 16.2. The molecule has 298 valence electrons. The van der Waals surface area contributed by atoms with Gasteiger partial charge in [0.1, 0.15) is 6.17 Å². The maximum atomic E-state index is 14.2. The summed E-state index contributed by atoms with van der Waals surface area (Å²) in [6.45, 7) is 0. The van der Waals surface area contributed by atoms with E-state index in [1.165, 1.54) is 53.2 Å². The first kappa shape index (κ1) is 37.1. The maximum Gasteiger partial charge on any atom is 0.160 e. The highest BCUT2D eigenvalue weighted by atomic mass is 32.1. The number of rotatable bonds is 7. The summed E-state index contributed by atoms with van der Waals surface area (Å²) in [6, 6.07) is 69.2. The minimum Gasteiger partial charge on any atom is -0.309 e. The molecular formula is C58H38FN3S. The molecule has 0 N–H and O–H groups in total. The van der Waals surface area contributed by atoms with Crippen LogP contribution in [0.5, 0.6) is 0 Å². The van der Waals surface area contributed by atoms with E-state index in [0.717, 1.165) is 55.9 Å². The van der Waals surface area contributed by atoms with Crippen molar-refractivity contribution >= 4 is 58.9 Å². The van der Waals surface area contributed by atoms with Crippen molar-refractivity contribution in [2.75, 3.05) is 0 Å². The number of aromatic nitrogens is 3. The molecule has 12 rings (SSSR count). The first-order chi connectivity index (χ1) is 31.1. The molecule has 0 amide bonds. The Bertz CT molecular complexity index is 3580. The number of fused-ring (bicyclic) bond motifs is 6. The zero-order valence-corrected chi connectivity index (χ0v) is 34.9. The molecule has 1 atom stereocenters. The zero-order chi connectivity index (χ0) is 41.9. The smallest absolute Gasteiger partial charge is 0.160 e.